The number of para-hydroxylation sites is 1. The van der Waals surface area contributed by atoms with Gasteiger partial charge >= 0.3 is 0 Å². The Balaban J connectivity index is 1.66. The molecule has 1 N–H and O–H groups in total. The van der Waals surface area contributed by atoms with Crippen LogP contribution in [0.4, 0.5) is 4.39 Å². The molecule has 2 aromatic carbocycles. The molecule has 3 rings (SSSR count). The highest BCUT2D eigenvalue weighted by Gasteiger charge is 2.17. The molecule has 0 saturated heterocycles. The Morgan fingerprint density at radius 1 is 1.24 bits per heavy atom. The van der Waals surface area contributed by atoms with Crippen LogP contribution in [-0.4, -0.2) is 33.5 Å². The first-order valence-corrected chi connectivity index (χ1v) is 9.93. The molecule has 0 spiro atoms. The molecule has 0 aliphatic heterocycles. The SMILES string of the molecule is C=CCn1c(SCC(=O)NCc2ccccc2OC)nnc1-c1ccccc1F. The van der Waals surface area contributed by atoms with Gasteiger partial charge in [-0.1, -0.05) is 48.2 Å². The molecule has 6 nitrogen and oxygen atoms in total. The first kappa shape index (κ1) is 20.6. The van der Waals surface area contributed by atoms with Crippen molar-refractivity contribution in [3.05, 3.63) is 72.6 Å². The summed E-state index contributed by atoms with van der Waals surface area (Å²) in [5.74, 6) is 0.750. The van der Waals surface area contributed by atoms with Gasteiger partial charge in [0.2, 0.25) is 5.91 Å². The van der Waals surface area contributed by atoms with Crippen LogP contribution in [0.15, 0.2) is 66.3 Å². The van der Waals surface area contributed by atoms with Crippen LogP contribution in [0.3, 0.4) is 0 Å². The second-order valence-electron chi connectivity index (χ2n) is 6.06. The minimum absolute atomic E-state index is 0.151. The van der Waals surface area contributed by atoms with Crippen LogP contribution in [0.2, 0.25) is 0 Å². The molecule has 3 aromatic rings. The molecule has 0 aliphatic rings. The molecule has 0 aliphatic carbocycles. The molecule has 8 heteroatoms. The van der Waals surface area contributed by atoms with Crippen LogP contribution < -0.4 is 10.1 Å². The monoisotopic (exact) mass is 412 g/mol. The Morgan fingerprint density at radius 3 is 2.76 bits per heavy atom. The highest BCUT2D eigenvalue weighted by molar-refractivity contribution is 7.99. The van der Waals surface area contributed by atoms with E-state index in [0.29, 0.717) is 29.6 Å². The van der Waals surface area contributed by atoms with Crippen LogP contribution in [0, 0.1) is 5.82 Å². The number of nitrogens with zero attached hydrogens (tertiary/aromatic N) is 3. The lowest BCUT2D eigenvalue weighted by molar-refractivity contribution is -0.118. The molecule has 150 valence electrons. The van der Waals surface area contributed by atoms with Crippen molar-refractivity contribution in [2.45, 2.75) is 18.2 Å². The quantitative estimate of drug-likeness (QED) is 0.429. The van der Waals surface area contributed by atoms with E-state index in [1.165, 1.54) is 17.8 Å². The second-order valence-corrected chi connectivity index (χ2v) is 7.01. The van der Waals surface area contributed by atoms with Gasteiger partial charge in [0.1, 0.15) is 11.6 Å². The Morgan fingerprint density at radius 2 is 2.00 bits per heavy atom. The van der Waals surface area contributed by atoms with E-state index in [4.69, 9.17) is 4.74 Å². The molecule has 0 fully saturated rings. The van der Waals surface area contributed by atoms with Gasteiger partial charge in [-0.25, -0.2) is 4.39 Å². The van der Waals surface area contributed by atoms with Crippen molar-refractivity contribution < 1.29 is 13.9 Å². The lowest BCUT2D eigenvalue weighted by Crippen LogP contribution is -2.25. The standard InChI is InChI=1S/C21H21FN4O2S/c1-3-12-26-20(16-9-5-6-10-17(16)22)24-25-21(26)29-14-19(27)23-13-15-8-4-7-11-18(15)28-2/h3-11H,1,12-14H2,2H3,(H,23,27). The molecule has 0 saturated carbocycles. The van der Waals surface area contributed by atoms with Gasteiger partial charge in [0.25, 0.3) is 0 Å². The number of thioether (sulfide) groups is 1. The number of ether oxygens (including phenoxy) is 1. The van der Waals surface area contributed by atoms with Crippen LogP contribution in [0.5, 0.6) is 5.75 Å². The number of allylic oxidation sites excluding steroid dienone is 1. The fraction of sp³-hybridized carbons (Fsp3) is 0.190. The topological polar surface area (TPSA) is 69.0 Å². The summed E-state index contributed by atoms with van der Waals surface area (Å²) in [7, 11) is 1.59. The van der Waals surface area contributed by atoms with Crippen LogP contribution in [-0.2, 0) is 17.9 Å². The van der Waals surface area contributed by atoms with Crippen molar-refractivity contribution in [3.63, 3.8) is 0 Å². The summed E-state index contributed by atoms with van der Waals surface area (Å²) in [6.07, 6.45) is 1.68. The number of aromatic nitrogens is 3. The van der Waals surface area contributed by atoms with E-state index in [1.54, 1.807) is 36.0 Å². The average molecular weight is 412 g/mol. The Kier molecular flexibility index (Phi) is 7.02. The molecule has 0 bridgehead atoms. The molecule has 1 heterocycles. The van der Waals surface area contributed by atoms with Gasteiger partial charge in [-0.3, -0.25) is 9.36 Å². The van der Waals surface area contributed by atoms with Gasteiger partial charge in [-0.15, -0.1) is 16.8 Å². The van der Waals surface area contributed by atoms with Crippen molar-refractivity contribution in [2.75, 3.05) is 12.9 Å². The lowest BCUT2D eigenvalue weighted by Gasteiger charge is -2.10. The maximum atomic E-state index is 14.2. The molecule has 0 radical (unpaired) electrons. The van der Waals surface area contributed by atoms with E-state index < -0.39 is 0 Å². The number of hydrogen-bond donors (Lipinski definition) is 1. The smallest absolute Gasteiger partial charge is 0.230 e. The zero-order chi connectivity index (χ0) is 20.6. The first-order valence-electron chi connectivity index (χ1n) is 8.94. The average Bonchev–Trinajstić information content (AvgIpc) is 3.14. The largest absolute Gasteiger partial charge is 0.496 e. The summed E-state index contributed by atoms with van der Waals surface area (Å²) in [6, 6.07) is 13.9. The summed E-state index contributed by atoms with van der Waals surface area (Å²) >= 11 is 1.24. The molecular weight excluding hydrogens is 391 g/mol. The molecule has 1 amide bonds. The van der Waals surface area contributed by atoms with Gasteiger partial charge < -0.3 is 10.1 Å². The first-order chi connectivity index (χ1) is 14.1. The summed E-state index contributed by atoms with van der Waals surface area (Å²) in [5.41, 5.74) is 1.25. The predicted molar refractivity (Wildman–Crippen MR) is 111 cm³/mol. The molecule has 0 atom stereocenters. The van der Waals surface area contributed by atoms with Crippen LogP contribution >= 0.6 is 11.8 Å². The molecular formula is C21H21FN4O2S. The number of benzene rings is 2. The zero-order valence-electron chi connectivity index (χ0n) is 16.0. The summed E-state index contributed by atoms with van der Waals surface area (Å²) in [5, 5.41) is 11.6. The maximum absolute atomic E-state index is 14.2. The van der Waals surface area contributed by atoms with E-state index in [1.807, 2.05) is 24.3 Å². The van der Waals surface area contributed by atoms with E-state index in [9.17, 15) is 9.18 Å². The number of carbonyl (C=O) groups excluding carboxylic acids is 1. The number of methoxy groups -OCH3 is 1. The summed E-state index contributed by atoms with van der Waals surface area (Å²) in [6.45, 7) is 4.51. The van der Waals surface area contributed by atoms with Gasteiger partial charge in [-0.2, -0.15) is 0 Å². The van der Waals surface area contributed by atoms with Gasteiger partial charge in [-0.05, 0) is 18.2 Å². The Hall–Kier alpha value is -3.13. The van der Waals surface area contributed by atoms with Crippen molar-refractivity contribution in [2.24, 2.45) is 0 Å². The number of hydrogen-bond acceptors (Lipinski definition) is 5. The van der Waals surface area contributed by atoms with Gasteiger partial charge in [0, 0.05) is 18.7 Å². The molecule has 1 aromatic heterocycles. The van der Waals surface area contributed by atoms with Gasteiger partial charge in [0.15, 0.2) is 11.0 Å². The number of halogens is 1. The lowest BCUT2D eigenvalue weighted by atomic mass is 10.2. The predicted octanol–water partition coefficient (Wildman–Crippen LogP) is 3.69. The van der Waals surface area contributed by atoms with Crippen LogP contribution in [0.1, 0.15) is 5.56 Å². The summed E-state index contributed by atoms with van der Waals surface area (Å²) < 4.78 is 21.2. The fourth-order valence-electron chi connectivity index (χ4n) is 2.75. The zero-order valence-corrected chi connectivity index (χ0v) is 16.8. The van der Waals surface area contributed by atoms with Crippen molar-refractivity contribution in [3.8, 4) is 17.1 Å². The molecule has 29 heavy (non-hydrogen) atoms. The third-order valence-electron chi connectivity index (χ3n) is 4.14. The third-order valence-corrected chi connectivity index (χ3v) is 5.11. The minimum atomic E-state index is -0.378. The van der Waals surface area contributed by atoms with Crippen molar-refractivity contribution >= 4 is 17.7 Å². The van der Waals surface area contributed by atoms with E-state index in [0.717, 1.165) is 11.3 Å². The number of amides is 1. The Bertz CT molecular complexity index is 1010. The number of nitrogens with one attached hydrogen (secondary N) is 1. The normalized spacial score (nSPS) is 10.6. The fourth-order valence-corrected chi connectivity index (χ4v) is 3.53. The van der Waals surface area contributed by atoms with Crippen LogP contribution in [0.25, 0.3) is 11.4 Å². The maximum Gasteiger partial charge on any atom is 0.230 e. The molecule has 0 unspecified atom stereocenters. The Labute approximate surface area is 172 Å². The third kappa shape index (κ3) is 5.03. The summed E-state index contributed by atoms with van der Waals surface area (Å²) in [4.78, 5) is 12.3. The highest BCUT2D eigenvalue weighted by atomic mass is 32.2. The van der Waals surface area contributed by atoms with Crippen molar-refractivity contribution in [1.82, 2.24) is 20.1 Å². The minimum Gasteiger partial charge on any atom is -0.496 e. The number of rotatable bonds is 9. The van der Waals surface area contributed by atoms with Crippen molar-refractivity contribution in [1.29, 1.82) is 0 Å². The second kappa shape index (κ2) is 9.88. The number of carbonyl (C=O) groups is 1. The van der Waals surface area contributed by atoms with E-state index in [2.05, 4.69) is 22.1 Å². The van der Waals surface area contributed by atoms with E-state index >= 15 is 0 Å². The highest BCUT2D eigenvalue weighted by Crippen LogP contribution is 2.26. The van der Waals surface area contributed by atoms with E-state index in [-0.39, 0.29) is 17.5 Å². The van der Waals surface area contributed by atoms with Gasteiger partial charge in [0.05, 0.1) is 18.4 Å².